The van der Waals surface area contributed by atoms with E-state index >= 15 is 0 Å². The molecule has 5 nitrogen and oxygen atoms in total. The second-order valence-corrected chi connectivity index (χ2v) is 5.37. The summed E-state index contributed by atoms with van der Waals surface area (Å²) in [5.74, 6) is 2.62. The van der Waals surface area contributed by atoms with E-state index in [0.717, 1.165) is 31.2 Å². The molecule has 0 bridgehead atoms. The fraction of sp³-hybridized carbons (Fsp3) is 0.833. The first-order valence-electron chi connectivity index (χ1n) is 6.52. The normalized spacial score (nSPS) is 30.2. The number of likely N-dealkylation sites (tertiary alicyclic amines) is 1. The first kappa shape index (κ1) is 11.2. The summed E-state index contributed by atoms with van der Waals surface area (Å²) >= 11 is 0. The standard InChI is InChI=1S/C12H20N4O/c1-15-5-2-3-9(8-15)12-14-13-11-7-10(17)4-6-16(11)12/h9-10,17H,2-8H2,1H3. The molecule has 2 unspecified atom stereocenters. The number of hydrogen-bond donors (Lipinski definition) is 1. The van der Waals surface area contributed by atoms with Crippen LogP contribution in [0.15, 0.2) is 0 Å². The van der Waals surface area contributed by atoms with Crippen molar-refractivity contribution >= 4 is 0 Å². The monoisotopic (exact) mass is 236 g/mol. The Bertz CT molecular complexity index is 403. The lowest BCUT2D eigenvalue weighted by Crippen LogP contribution is -2.33. The van der Waals surface area contributed by atoms with E-state index < -0.39 is 0 Å². The van der Waals surface area contributed by atoms with Gasteiger partial charge < -0.3 is 14.6 Å². The molecule has 0 radical (unpaired) electrons. The Labute approximate surface area is 101 Å². The second kappa shape index (κ2) is 4.38. The highest BCUT2D eigenvalue weighted by atomic mass is 16.3. The molecule has 0 aliphatic carbocycles. The zero-order valence-electron chi connectivity index (χ0n) is 10.3. The van der Waals surface area contributed by atoms with E-state index in [1.807, 2.05) is 0 Å². The van der Waals surface area contributed by atoms with Crippen LogP contribution in [0.5, 0.6) is 0 Å². The average molecular weight is 236 g/mol. The third-order valence-corrected chi connectivity index (χ3v) is 3.95. The Balaban J connectivity index is 1.84. The first-order valence-corrected chi connectivity index (χ1v) is 6.52. The van der Waals surface area contributed by atoms with Crippen molar-refractivity contribution in [3.8, 4) is 0 Å². The lowest BCUT2D eigenvalue weighted by atomic mass is 9.97. The number of aliphatic hydroxyl groups is 1. The van der Waals surface area contributed by atoms with Gasteiger partial charge in [0.05, 0.1) is 6.10 Å². The number of nitrogens with zero attached hydrogens (tertiary/aromatic N) is 4. The van der Waals surface area contributed by atoms with Gasteiger partial charge in [-0.15, -0.1) is 10.2 Å². The molecule has 2 aliphatic heterocycles. The second-order valence-electron chi connectivity index (χ2n) is 5.37. The first-order chi connectivity index (χ1) is 8.24. The van der Waals surface area contributed by atoms with Crippen LogP contribution < -0.4 is 0 Å². The topological polar surface area (TPSA) is 54.2 Å². The average Bonchev–Trinajstić information content (AvgIpc) is 2.71. The number of likely N-dealkylation sites (N-methyl/N-ethyl adjacent to an activating group) is 1. The van der Waals surface area contributed by atoms with E-state index in [-0.39, 0.29) is 6.10 Å². The molecule has 94 valence electrons. The molecule has 1 aromatic rings. The molecule has 3 heterocycles. The van der Waals surface area contributed by atoms with Crippen molar-refractivity contribution in [3.05, 3.63) is 11.6 Å². The SMILES string of the molecule is CN1CCCC(c2nnc3n2CCC(O)C3)C1. The Hall–Kier alpha value is -0.940. The summed E-state index contributed by atoms with van der Waals surface area (Å²) in [6, 6.07) is 0. The van der Waals surface area contributed by atoms with Crippen LogP contribution in [-0.2, 0) is 13.0 Å². The zero-order chi connectivity index (χ0) is 11.8. The van der Waals surface area contributed by atoms with Crippen molar-refractivity contribution in [2.45, 2.75) is 44.2 Å². The Kier molecular flexibility index (Phi) is 2.88. The summed E-state index contributed by atoms with van der Waals surface area (Å²) in [6.45, 7) is 3.15. The summed E-state index contributed by atoms with van der Waals surface area (Å²) in [7, 11) is 2.17. The smallest absolute Gasteiger partial charge is 0.137 e. The molecule has 2 atom stereocenters. The van der Waals surface area contributed by atoms with Crippen LogP contribution in [0.1, 0.15) is 36.8 Å². The number of piperidine rings is 1. The molecule has 2 aliphatic rings. The molecule has 1 fully saturated rings. The molecule has 0 aromatic carbocycles. The summed E-state index contributed by atoms with van der Waals surface area (Å²) < 4.78 is 2.23. The van der Waals surface area contributed by atoms with Gasteiger partial charge in [0.1, 0.15) is 11.6 Å². The maximum atomic E-state index is 9.63. The Morgan fingerprint density at radius 1 is 1.24 bits per heavy atom. The van der Waals surface area contributed by atoms with Crippen LogP contribution in [0.3, 0.4) is 0 Å². The third kappa shape index (κ3) is 2.09. The minimum Gasteiger partial charge on any atom is -0.393 e. The molecule has 5 heteroatoms. The van der Waals surface area contributed by atoms with Gasteiger partial charge in [-0.1, -0.05) is 0 Å². The van der Waals surface area contributed by atoms with Crippen LogP contribution in [0.25, 0.3) is 0 Å². The van der Waals surface area contributed by atoms with E-state index in [0.29, 0.717) is 12.3 Å². The minimum absolute atomic E-state index is 0.228. The molecule has 3 rings (SSSR count). The van der Waals surface area contributed by atoms with E-state index in [1.165, 1.54) is 19.4 Å². The van der Waals surface area contributed by atoms with Gasteiger partial charge in [0.15, 0.2) is 0 Å². The van der Waals surface area contributed by atoms with Crippen molar-refractivity contribution in [1.82, 2.24) is 19.7 Å². The van der Waals surface area contributed by atoms with Crippen molar-refractivity contribution in [3.63, 3.8) is 0 Å². The van der Waals surface area contributed by atoms with Gasteiger partial charge in [-0.3, -0.25) is 0 Å². The summed E-state index contributed by atoms with van der Waals surface area (Å²) in [4.78, 5) is 2.37. The van der Waals surface area contributed by atoms with E-state index in [4.69, 9.17) is 0 Å². The summed E-state index contributed by atoms with van der Waals surface area (Å²) in [6.07, 6.45) is 3.72. The highest BCUT2D eigenvalue weighted by molar-refractivity contribution is 5.07. The predicted molar refractivity (Wildman–Crippen MR) is 63.8 cm³/mol. The van der Waals surface area contributed by atoms with E-state index in [2.05, 4.69) is 26.7 Å². The van der Waals surface area contributed by atoms with Gasteiger partial charge >= 0.3 is 0 Å². The van der Waals surface area contributed by atoms with Gasteiger partial charge in [-0.25, -0.2) is 0 Å². The number of fused-ring (bicyclic) bond motifs is 1. The van der Waals surface area contributed by atoms with Crippen molar-refractivity contribution < 1.29 is 5.11 Å². The quantitative estimate of drug-likeness (QED) is 0.766. The summed E-state index contributed by atoms with van der Waals surface area (Å²) in [5, 5.41) is 18.2. The molecule has 1 saturated heterocycles. The number of aliphatic hydroxyl groups excluding tert-OH is 1. The zero-order valence-corrected chi connectivity index (χ0v) is 10.3. The highest BCUT2D eigenvalue weighted by Gasteiger charge is 2.28. The van der Waals surface area contributed by atoms with Crippen molar-refractivity contribution in [1.29, 1.82) is 0 Å². The molecule has 1 aromatic heterocycles. The van der Waals surface area contributed by atoms with E-state index in [1.54, 1.807) is 0 Å². The van der Waals surface area contributed by atoms with Gasteiger partial charge in [0, 0.05) is 25.4 Å². The molecular weight excluding hydrogens is 216 g/mol. The van der Waals surface area contributed by atoms with E-state index in [9.17, 15) is 5.11 Å². The molecule has 0 saturated carbocycles. The maximum Gasteiger partial charge on any atom is 0.137 e. The maximum absolute atomic E-state index is 9.63. The van der Waals surface area contributed by atoms with Crippen LogP contribution in [0, 0.1) is 0 Å². The molecule has 0 spiro atoms. The fourth-order valence-electron chi connectivity index (χ4n) is 3.01. The van der Waals surface area contributed by atoms with Crippen molar-refractivity contribution in [2.24, 2.45) is 0 Å². The van der Waals surface area contributed by atoms with Crippen LogP contribution >= 0.6 is 0 Å². The van der Waals surface area contributed by atoms with Gasteiger partial charge in [-0.2, -0.15) is 0 Å². The molecule has 17 heavy (non-hydrogen) atoms. The fourth-order valence-corrected chi connectivity index (χ4v) is 3.01. The van der Waals surface area contributed by atoms with Crippen LogP contribution in [-0.4, -0.2) is 51.0 Å². The van der Waals surface area contributed by atoms with Gasteiger partial charge in [0.2, 0.25) is 0 Å². The Morgan fingerprint density at radius 3 is 2.94 bits per heavy atom. The number of aromatic nitrogens is 3. The lowest BCUT2D eigenvalue weighted by Gasteiger charge is -2.30. The van der Waals surface area contributed by atoms with Crippen LogP contribution in [0.2, 0.25) is 0 Å². The molecule has 0 amide bonds. The van der Waals surface area contributed by atoms with Crippen LogP contribution in [0.4, 0.5) is 0 Å². The number of rotatable bonds is 1. The largest absolute Gasteiger partial charge is 0.393 e. The van der Waals surface area contributed by atoms with Gasteiger partial charge in [-0.05, 0) is 32.9 Å². The number of hydrogen-bond acceptors (Lipinski definition) is 4. The predicted octanol–water partition coefficient (Wildman–Crippen LogP) is 0.394. The highest BCUT2D eigenvalue weighted by Crippen LogP contribution is 2.27. The van der Waals surface area contributed by atoms with Crippen molar-refractivity contribution in [2.75, 3.05) is 20.1 Å². The Morgan fingerprint density at radius 2 is 2.12 bits per heavy atom. The minimum atomic E-state index is -0.228. The summed E-state index contributed by atoms with van der Waals surface area (Å²) in [5.41, 5.74) is 0. The van der Waals surface area contributed by atoms with Gasteiger partial charge in [0.25, 0.3) is 0 Å². The third-order valence-electron chi connectivity index (χ3n) is 3.95. The lowest BCUT2D eigenvalue weighted by molar-refractivity contribution is 0.139. The molecule has 1 N–H and O–H groups in total. The molecular formula is C12H20N4O.